The molecule has 0 saturated heterocycles. The number of hydrogen-bond donors (Lipinski definition) is 1. The van der Waals surface area contributed by atoms with E-state index >= 15 is 0 Å². The van der Waals surface area contributed by atoms with Crippen LogP contribution in [-0.2, 0) is 13.1 Å². The van der Waals surface area contributed by atoms with Crippen molar-refractivity contribution >= 4 is 22.7 Å². The van der Waals surface area contributed by atoms with Gasteiger partial charge in [0.25, 0.3) is 0 Å². The van der Waals surface area contributed by atoms with Gasteiger partial charge in [-0.15, -0.1) is 11.3 Å². The van der Waals surface area contributed by atoms with Crippen molar-refractivity contribution < 1.29 is 5.11 Å². The predicted octanol–water partition coefficient (Wildman–Crippen LogP) is 3.95. The first-order valence-electron chi connectivity index (χ1n) is 7.15. The third-order valence-electron chi connectivity index (χ3n) is 3.50. The smallest absolute Gasteiger partial charge is 0.104 e. The molecule has 0 amide bonds. The van der Waals surface area contributed by atoms with Crippen molar-refractivity contribution in [1.29, 1.82) is 0 Å². The van der Waals surface area contributed by atoms with Gasteiger partial charge in [0.15, 0.2) is 0 Å². The minimum absolute atomic E-state index is 0.0810. The van der Waals surface area contributed by atoms with E-state index in [9.17, 15) is 0 Å². The fourth-order valence-electron chi connectivity index (χ4n) is 2.11. The minimum Gasteiger partial charge on any atom is -0.384 e. The van der Waals surface area contributed by atoms with Gasteiger partial charge in [0, 0.05) is 35.0 Å². The lowest BCUT2D eigenvalue weighted by molar-refractivity contribution is 0.188. The standard InChI is InChI=1S/C17H21NOS2/c1-3-14(2)18(10-16-6-8-20-12-16)11-17-9-15(13-21-17)5-4-7-19/h6,8-9,12-14,19H,3,7,10-11H2,1-2H3. The number of rotatable bonds is 6. The normalized spacial score (nSPS) is 12.2. The van der Waals surface area contributed by atoms with Gasteiger partial charge < -0.3 is 5.11 Å². The van der Waals surface area contributed by atoms with Crippen LogP contribution < -0.4 is 0 Å². The topological polar surface area (TPSA) is 23.5 Å². The van der Waals surface area contributed by atoms with Crippen molar-refractivity contribution in [3.05, 3.63) is 44.3 Å². The molecular formula is C17H21NOS2. The molecule has 4 heteroatoms. The molecule has 0 radical (unpaired) electrons. The molecule has 0 fully saturated rings. The largest absolute Gasteiger partial charge is 0.384 e. The van der Waals surface area contributed by atoms with Gasteiger partial charge in [-0.1, -0.05) is 18.8 Å². The van der Waals surface area contributed by atoms with Crippen molar-refractivity contribution in [2.45, 2.75) is 39.4 Å². The van der Waals surface area contributed by atoms with E-state index in [-0.39, 0.29) is 6.61 Å². The van der Waals surface area contributed by atoms with Gasteiger partial charge in [-0.2, -0.15) is 11.3 Å². The highest BCUT2D eigenvalue weighted by Crippen LogP contribution is 2.21. The van der Waals surface area contributed by atoms with Crippen LogP contribution in [0.3, 0.4) is 0 Å². The molecule has 2 nitrogen and oxygen atoms in total. The Kier molecular flexibility index (Phi) is 6.47. The lowest BCUT2D eigenvalue weighted by Gasteiger charge is -2.27. The van der Waals surface area contributed by atoms with Crippen molar-refractivity contribution in [2.24, 2.45) is 0 Å². The van der Waals surface area contributed by atoms with Gasteiger partial charge in [-0.05, 0) is 41.8 Å². The molecule has 0 aliphatic rings. The summed E-state index contributed by atoms with van der Waals surface area (Å²) in [6.45, 7) is 6.39. The van der Waals surface area contributed by atoms with E-state index in [0.717, 1.165) is 25.1 Å². The summed E-state index contributed by atoms with van der Waals surface area (Å²) >= 11 is 3.50. The SMILES string of the molecule is CCC(C)N(Cc1ccsc1)Cc1cc(C#CCO)cs1. The van der Waals surface area contributed by atoms with E-state index < -0.39 is 0 Å². The van der Waals surface area contributed by atoms with E-state index in [1.54, 1.807) is 22.7 Å². The molecule has 21 heavy (non-hydrogen) atoms. The third-order valence-corrected chi connectivity index (χ3v) is 5.16. The highest BCUT2D eigenvalue weighted by atomic mass is 32.1. The molecule has 0 aliphatic heterocycles. The second kappa shape index (κ2) is 8.35. The second-order valence-electron chi connectivity index (χ2n) is 5.06. The third kappa shape index (κ3) is 4.98. The highest BCUT2D eigenvalue weighted by Gasteiger charge is 2.14. The first-order valence-corrected chi connectivity index (χ1v) is 8.97. The Labute approximate surface area is 135 Å². The molecule has 1 N–H and O–H groups in total. The van der Waals surface area contributed by atoms with Gasteiger partial charge in [-0.3, -0.25) is 4.90 Å². The molecule has 2 heterocycles. The number of aliphatic hydroxyl groups excluding tert-OH is 1. The lowest BCUT2D eigenvalue weighted by atomic mass is 10.2. The number of nitrogens with zero attached hydrogens (tertiary/aromatic N) is 1. The molecular weight excluding hydrogens is 298 g/mol. The minimum atomic E-state index is -0.0810. The number of thiophene rings is 2. The van der Waals surface area contributed by atoms with Crippen molar-refractivity contribution in [3.63, 3.8) is 0 Å². The summed E-state index contributed by atoms with van der Waals surface area (Å²) in [7, 11) is 0. The molecule has 2 aromatic heterocycles. The van der Waals surface area contributed by atoms with Crippen LogP contribution in [0, 0.1) is 11.8 Å². The lowest BCUT2D eigenvalue weighted by Crippen LogP contribution is -2.31. The van der Waals surface area contributed by atoms with Crippen LogP contribution in [0.1, 0.15) is 36.3 Å². The van der Waals surface area contributed by atoms with E-state index in [2.05, 4.69) is 58.9 Å². The molecule has 0 spiro atoms. The fraction of sp³-hybridized carbons (Fsp3) is 0.412. The summed E-state index contributed by atoms with van der Waals surface area (Å²) < 4.78 is 0. The molecule has 0 saturated carbocycles. The van der Waals surface area contributed by atoms with Crippen LogP contribution in [-0.4, -0.2) is 22.7 Å². The summed E-state index contributed by atoms with van der Waals surface area (Å²) in [4.78, 5) is 3.84. The van der Waals surface area contributed by atoms with Crippen LogP contribution in [0.2, 0.25) is 0 Å². The molecule has 112 valence electrons. The Morgan fingerprint density at radius 3 is 2.86 bits per heavy atom. The van der Waals surface area contributed by atoms with Crippen molar-refractivity contribution in [1.82, 2.24) is 4.90 Å². The molecule has 1 unspecified atom stereocenters. The average molecular weight is 319 g/mol. The Hall–Kier alpha value is -1.12. The summed E-state index contributed by atoms with van der Waals surface area (Å²) in [5.41, 5.74) is 2.39. The van der Waals surface area contributed by atoms with Crippen LogP contribution >= 0.6 is 22.7 Å². The zero-order chi connectivity index (χ0) is 15.1. The van der Waals surface area contributed by atoms with Gasteiger partial charge in [-0.25, -0.2) is 0 Å². The monoisotopic (exact) mass is 319 g/mol. The van der Waals surface area contributed by atoms with E-state index in [1.807, 2.05) is 0 Å². The molecule has 0 aliphatic carbocycles. The Bertz CT molecular complexity index is 592. The zero-order valence-corrected chi connectivity index (χ0v) is 14.1. The summed E-state index contributed by atoms with van der Waals surface area (Å²) in [5.74, 6) is 5.67. The molecule has 2 rings (SSSR count). The molecule has 0 aromatic carbocycles. The van der Waals surface area contributed by atoms with Gasteiger partial charge in [0.1, 0.15) is 6.61 Å². The van der Waals surface area contributed by atoms with Crippen LogP contribution in [0.25, 0.3) is 0 Å². The van der Waals surface area contributed by atoms with E-state index in [1.165, 1.54) is 10.4 Å². The van der Waals surface area contributed by atoms with Crippen LogP contribution in [0.15, 0.2) is 28.3 Å². The zero-order valence-electron chi connectivity index (χ0n) is 12.5. The summed E-state index contributed by atoms with van der Waals surface area (Å²) in [6, 6.07) is 4.89. The van der Waals surface area contributed by atoms with Crippen LogP contribution in [0.4, 0.5) is 0 Å². The first kappa shape index (κ1) is 16.3. The number of aliphatic hydroxyl groups is 1. The molecule has 0 bridgehead atoms. The van der Waals surface area contributed by atoms with Crippen LogP contribution in [0.5, 0.6) is 0 Å². The maximum Gasteiger partial charge on any atom is 0.104 e. The highest BCUT2D eigenvalue weighted by molar-refractivity contribution is 7.10. The van der Waals surface area contributed by atoms with Gasteiger partial charge >= 0.3 is 0 Å². The molecule has 2 aromatic rings. The Morgan fingerprint density at radius 1 is 1.33 bits per heavy atom. The van der Waals surface area contributed by atoms with Gasteiger partial charge in [0.2, 0.25) is 0 Å². The summed E-state index contributed by atoms with van der Waals surface area (Å²) in [6.07, 6.45) is 1.15. The van der Waals surface area contributed by atoms with E-state index in [0.29, 0.717) is 6.04 Å². The van der Waals surface area contributed by atoms with E-state index in [4.69, 9.17) is 5.11 Å². The van der Waals surface area contributed by atoms with Gasteiger partial charge in [0.05, 0.1) is 0 Å². The Morgan fingerprint density at radius 2 is 2.19 bits per heavy atom. The second-order valence-corrected chi connectivity index (χ2v) is 6.83. The van der Waals surface area contributed by atoms with Crippen molar-refractivity contribution in [2.75, 3.05) is 6.61 Å². The Balaban J connectivity index is 2.05. The summed E-state index contributed by atoms with van der Waals surface area (Å²) in [5, 5.41) is 15.2. The number of hydrogen-bond acceptors (Lipinski definition) is 4. The van der Waals surface area contributed by atoms with Crippen molar-refractivity contribution in [3.8, 4) is 11.8 Å². The maximum atomic E-state index is 8.75. The maximum absolute atomic E-state index is 8.75. The fourth-order valence-corrected chi connectivity index (χ4v) is 3.61. The molecule has 1 atom stereocenters. The predicted molar refractivity (Wildman–Crippen MR) is 91.6 cm³/mol. The first-order chi connectivity index (χ1) is 10.2. The quantitative estimate of drug-likeness (QED) is 0.815. The average Bonchev–Trinajstić information content (AvgIpc) is 3.15.